The van der Waals surface area contributed by atoms with Crippen molar-refractivity contribution in [3.8, 4) is 0 Å². The van der Waals surface area contributed by atoms with Crippen molar-refractivity contribution in [2.24, 2.45) is 0 Å². The minimum atomic E-state index is -0.546. The Labute approximate surface area is 134 Å². The molecule has 0 bridgehead atoms. The molecule has 2 aromatic rings. The number of pyridine rings is 1. The van der Waals surface area contributed by atoms with E-state index in [1.807, 2.05) is 30.3 Å². The number of benzene rings is 1. The van der Waals surface area contributed by atoms with Gasteiger partial charge >= 0.3 is 6.09 Å². The molecule has 1 aromatic heterocycles. The monoisotopic (exact) mass is 313 g/mol. The van der Waals surface area contributed by atoms with Crippen LogP contribution in [0.15, 0.2) is 54.9 Å². The van der Waals surface area contributed by atoms with Crippen LogP contribution < -0.4 is 10.6 Å². The molecule has 120 valence electrons. The molecule has 23 heavy (non-hydrogen) atoms. The summed E-state index contributed by atoms with van der Waals surface area (Å²) in [6, 6.07) is 12.3. The highest BCUT2D eigenvalue weighted by molar-refractivity contribution is 5.91. The average Bonchev–Trinajstić information content (AvgIpc) is 2.56. The number of rotatable bonds is 6. The van der Waals surface area contributed by atoms with E-state index in [4.69, 9.17) is 4.74 Å². The van der Waals surface area contributed by atoms with Crippen LogP contribution in [0.3, 0.4) is 0 Å². The van der Waals surface area contributed by atoms with Gasteiger partial charge in [0, 0.05) is 6.20 Å². The average molecular weight is 313 g/mol. The number of ether oxygens (including phenoxy) is 1. The van der Waals surface area contributed by atoms with Gasteiger partial charge < -0.3 is 15.4 Å². The highest BCUT2D eigenvalue weighted by atomic mass is 16.5. The highest BCUT2D eigenvalue weighted by Crippen LogP contribution is 2.18. The van der Waals surface area contributed by atoms with Crippen LogP contribution in [-0.4, -0.2) is 23.6 Å². The van der Waals surface area contributed by atoms with Gasteiger partial charge in [-0.15, -0.1) is 0 Å². The summed E-state index contributed by atoms with van der Waals surface area (Å²) < 4.78 is 4.90. The number of amides is 2. The van der Waals surface area contributed by atoms with Crippen molar-refractivity contribution in [1.29, 1.82) is 0 Å². The lowest BCUT2D eigenvalue weighted by Crippen LogP contribution is -2.32. The molecular formula is C17H19N3O3. The van der Waals surface area contributed by atoms with Gasteiger partial charge in [-0.1, -0.05) is 30.3 Å². The predicted octanol–water partition coefficient (Wildman–Crippen LogP) is 2.90. The van der Waals surface area contributed by atoms with E-state index in [9.17, 15) is 9.59 Å². The molecule has 0 fully saturated rings. The van der Waals surface area contributed by atoms with E-state index in [-0.39, 0.29) is 18.9 Å². The van der Waals surface area contributed by atoms with Gasteiger partial charge in [-0.3, -0.25) is 9.78 Å². The number of carbonyl (C=O) groups is 2. The van der Waals surface area contributed by atoms with Crippen LogP contribution in [0.5, 0.6) is 0 Å². The first-order chi connectivity index (χ1) is 11.2. The molecule has 0 radical (unpaired) electrons. The van der Waals surface area contributed by atoms with Crippen LogP contribution >= 0.6 is 0 Å². The van der Waals surface area contributed by atoms with Crippen molar-refractivity contribution in [1.82, 2.24) is 10.3 Å². The Kier molecular flexibility index (Phi) is 6.11. The van der Waals surface area contributed by atoms with Gasteiger partial charge in [0.25, 0.3) is 0 Å². The van der Waals surface area contributed by atoms with Crippen LogP contribution in [0.2, 0.25) is 0 Å². The molecule has 0 saturated carbocycles. The Morgan fingerprint density at radius 2 is 1.96 bits per heavy atom. The first-order valence-corrected chi connectivity index (χ1v) is 7.37. The summed E-state index contributed by atoms with van der Waals surface area (Å²) >= 11 is 0. The molecule has 1 heterocycles. The molecule has 1 aromatic carbocycles. The van der Waals surface area contributed by atoms with Gasteiger partial charge in [0.05, 0.1) is 31.0 Å². The summed E-state index contributed by atoms with van der Waals surface area (Å²) in [5.74, 6) is -0.219. The van der Waals surface area contributed by atoms with Crippen LogP contribution in [0.1, 0.15) is 24.9 Å². The smallest absolute Gasteiger partial charge is 0.407 e. The number of carbonyl (C=O) groups excluding carboxylic acids is 2. The fraction of sp³-hybridized carbons (Fsp3) is 0.235. The Morgan fingerprint density at radius 3 is 2.61 bits per heavy atom. The van der Waals surface area contributed by atoms with E-state index < -0.39 is 12.1 Å². The zero-order chi connectivity index (χ0) is 16.5. The third kappa shape index (κ3) is 5.43. The fourth-order valence-corrected chi connectivity index (χ4v) is 2.09. The number of hydrogen-bond donors (Lipinski definition) is 2. The molecule has 0 unspecified atom stereocenters. The minimum absolute atomic E-state index is 0.0950. The summed E-state index contributed by atoms with van der Waals surface area (Å²) in [5.41, 5.74) is 1.45. The first kappa shape index (κ1) is 16.5. The summed E-state index contributed by atoms with van der Waals surface area (Å²) in [6.07, 6.45) is 2.74. The first-order valence-electron chi connectivity index (χ1n) is 7.37. The number of alkyl carbamates (subject to hydrolysis) is 1. The molecule has 2 N–H and O–H groups in total. The van der Waals surface area contributed by atoms with Crippen LogP contribution in [0.25, 0.3) is 0 Å². The van der Waals surface area contributed by atoms with E-state index in [0.29, 0.717) is 5.69 Å². The Morgan fingerprint density at radius 1 is 1.17 bits per heavy atom. The van der Waals surface area contributed by atoms with Crippen LogP contribution in [0.4, 0.5) is 10.5 Å². The molecule has 1 atom stereocenters. The third-order valence-corrected chi connectivity index (χ3v) is 3.10. The third-order valence-electron chi connectivity index (χ3n) is 3.10. The molecule has 2 rings (SSSR count). The molecule has 0 saturated heterocycles. The second kappa shape index (κ2) is 8.53. The largest absolute Gasteiger partial charge is 0.450 e. The van der Waals surface area contributed by atoms with Gasteiger partial charge in [0.2, 0.25) is 5.91 Å². The van der Waals surface area contributed by atoms with E-state index in [0.717, 1.165) is 5.56 Å². The van der Waals surface area contributed by atoms with Crippen LogP contribution in [0, 0.1) is 0 Å². The molecule has 0 aliphatic rings. The molecule has 0 aliphatic heterocycles. The molecule has 0 aliphatic carbocycles. The van der Waals surface area contributed by atoms with Gasteiger partial charge in [0.15, 0.2) is 0 Å². The van der Waals surface area contributed by atoms with E-state index in [2.05, 4.69) is 15.6 Å². The molecular weight excluding hydrogens is 294 g/mol. The Bertz CT molecular complexity index is 632. The highest BCUT2D eigenvalue weighted by Gasteiger charge is 2.19. The maximum absolute atomic E-state index is 12.2. The Hall–Kier alpha value is -2.89. The predicted molar refractivity (Wildman–Crippen MR) is 86.8 cm³/mol. The van der Waals surface area contributed by atoms with E-state index in [1.165, 1.54) is 0 Å². The SMILES string of the molecule is CCOC(=O)N[C@H](CC(=O)Nc1cccnc1)c1ccccc1. The number of nitrogens with one attached hydrogen (secondary N) is 2. The van der Waals surface area contributed by atoms with E-state index in [1.54, 1.807) is 31.5 Å². The Balaban J connectivity index is 2.04. The quantitative estimate of drug-likeness (QED) is 0.859. The second-order valence-corrected chi connectivity index (χ2v) is 4.82. The lowest BCUT2D eigenvalue weighted by molar-refractivity contribution is -0.116. The number of nitrogens with zero attached hydrogens (tertiary/aromatic N) is 1. The van der Waals surface area contributed by atoms with Gasteiger partial charge in [-0.25, -0.2) is 4.79 Å². The summed E-state index contributed by atoms with van der Waals surface area (Å²) in [4.78, 5) is 27.8. The lowest BCUT2D eigenvalue weighted by atomic mass is 10.0. The minimum Gasteiger partial charge on any atom is -0.450 e. The van der Waals surface area contributed by atoms with Gasteiger partial charge in [0.1, 0.15) is 0 Å². The number of anilines is 1. The van der Waals surface area contributed by atoms with Crippen molar-refractivity contribution in [2.75, 3.05) is 11.9 Å². The topological polar surface area (TPSA) is 80.3 Å². The number of aromatic nitrogens is 1. The van der Waals surface area contributed by atoms with Crippen LogP contribution in [-0.2, 0) is 9.53 Å². The maximum Gasteiger partial charge on any atom is 0.407 e. The lowest BCUT2D eigenvalue weighted by Gasteiger charge is -2.18. The van der Waals surface area contributed by atoms with Crippen molar-refractivity contribution in [3.05, 3.63) is 60.4 Å². The maximum atomic E-state index is 12.2. The summed E-state index contributed by atoms with van der Waals surface area (Å²) in [7, 11) is 0. The molecule has 6 nitrogen and oxygen atoms in total. The fourth-order valence-electron chi connectivity index (χ4n) is 2.09. The van der Waals surface area contributed by atoms with Crippen molar-refractivity contribution < 1.29 is 14.3 Å². The summed E-state index contributed by atoms with van der Waals surface area (Å²) in [6.45, 7) is 2.00. The normalized spacial score (nSPS) is 11.3. The molecule has 6 heteroatoms. The van der Waals surface area contributed by atoms with Gasteiger partial charge in [-0.2, -0.15) is 0 Å². The van der Waals surface area contributed by atoms with Crippen molar-refractivity contribution in [3.63, 3.8) is 0 Å². The standard InChI is InChI=1S/C17H19N3O3/c1-2-23-17(22)20-15(13-7-4-3-5-8-13)11-16(21)19-14-9-6-10-18-12-14/h3-10,12,15H,2,11H2,1H3,(H,19,21)(H,20,22)/t15-/m1/s1. The van der Waals surface area contributed by atoms with E-state index >= 15 is 0 Å². The molecule has 0 spiro atoms. The number of hydrogen-bond acceptors (Lipinski definition) is 4. The zero-order valence-corrected chi connectivity index (χ0v) is 12.9. The summed E-state index contributed by atoms with van der Waals surface area (Å²) in [5, 5.41) is 5.47. The zero-order valence-electron chi connectivity index (χ0n) is 12.9. The van der Waals surface area contributed by atoms with Crippen molar-refractivity contribution >= 4 is 17.7 Å². The second-order valence-electron chi connectivity index (χ2n) is 4.82. The molecule has 2 amide bonds. The van der Waals surface area contributed by atoms with Gasteiger partial charge in [-0.05, 0) is 24.6 Å². The van der Waals surface area contributed by atoms with Crippen molar-refractivity contribution in [2.45, 2.75) is 19.4 Å².